The fraction of sp³-hybridized carbons (Fsp3) is 0.462. The zero-order valence-corrected chi connectivity index (χ0v) is 10.6. The van der Waals surface area contributed by atoms with Crippen LogP contribution in [0.5, 0.6) is 0 Å². The molecule has 18 heavy (non-hydrogen) atoms. The van der Waals surface area contributed by atoms with Crippen LogP contribution in [0.3, 0.4) is 0 Å². The minimum atomic E-state index is 0.122. The highest BCUT2D eigenvalue weighted by molar-refractivity contribution is 5.80. The van der Waals surface area contributed by atoms with E-state index in [0.717, 1.165) is 24.1 Å². The van der Waals surface area contributed by atoms with Crippen LogP contribution in [0.25, 0.3) is 11.0 Å². The van der Waals surface area contributed by atoms with E-state index in [4.69, 9.17) is 9.84 Å². The standard InChI is InChI=1S/C13H19N3O2/c1-18-8-5-14-9-11-10-16(6-7-17)13-12(11)3-2-4-15-13/h2-4,10,14,17H,5-9H2,1H3. The summed E-state index contributed by atoms with van der Waals surface area (Å²) < 4.78 is 6.99. The quantitative estimate of drug-likeness (QED) is 0.711. The smallest absolute Gasteiger partial charge is 0.140 e. The minimum absolute atomic E-state index is 0.122. The summed E-state index contributed by atoms with van der Waals surface area (Å²) in [6.07, 6.45) is 3.83. The van der Waals surface area contributed by atoms with Crippen LogP contribution < -0.4 is 5.32 Å². The number of aromatic nitrogens is 2. The third-order valence-electron chi connectivity index (χ3n) is 2.86. The van der Waals surface area contributed by atoms with Gasteiger partial charge in [0.05, 0.1) is 13.2 Å². The first kappa shape index (κ1) is 13.0. The molecule has 2 N–H and O–H groups in total. The zero-order valence-electron chi connectivity index (χ0n) is 10.6. The van der Waals surface area contributed by atoms with Gasteiger partial charge in [0.1, 0.15) is 5.65 Å². The SMILES string of the molecule is COCCNCc1cn(CCO)c2ncccc12. The van der Waals surface area contributed by atoms with Crippen molar-refractivity contribution in [2.75, 3.05) is 26.9 Å². The number of nitrogens with zero attached hydrogens (tertiary/aromatic N) is 2. The molecule has 0 aliphatic carbocycles. The summed E-state index contributed by atoms with van der Waals surface area (Å²) in [7, 11) is 1.69. The lowest BCUT2D eigenvalue weighted by molar-refractivity contribution is 0.199. The maximum Gasteiger partial charge on any atom is 0.140 e. The number of ether oxygens (including phenoxy) is 1. The Hall–Kier alpha value is -1.43. The van der Waals surface area contributed by atoms with Crippen molar-refractivity contribution in [2.45, 2.75) is 13.1 Å². The first-order chi connectivity index (χ1) is 8.86. The predicted octanol–water partition coefficient (Wildman–Crippen LogP) is 0.765. The van der Waals surface area contributed by atoms with E-state index in [1.54, 1.807) is 13.3 Å². The summed E-state index contributed by atoms with van der Waals surface area (Å²) in [5, 5.41) is 13.5. The Morgan fingerprint density at radius 2 is 2.39 bits per heavy atom. The summed E-state index contributed by atoms with van der Waals surface area (Å²) in [6.45, 7) is 3.00. The van der Waals surface area contributed by atoms with E-state index >= 15 is 0 Å². The molecule has 5 nitrogen and oxygen atoms in total. The van der Waals surface area contributed by atoms with Crippen molar-refractivity contribution in [1.82, 2.24) is 14.9 Å². The van der Waals surface area contributed by atoms with Crippen LogP contribution in [0, 0.1) is 0 Å². The molecule has 2 aromatic rings. The van der Waals surface area contributed by atoms with Crippen molar-refractivity contribution >= 4 is 11.0 Å². The van der Waals surface area contributed by atoms with Gasteiger partial charge in [0.25, 0.3) is 0 Å². The molecular weight excluding hydrogens is 230 g/mol. The third kappa shape index (κ3) is 2.87. The molecular formula is C13H19N3O2. The highest BCUT2D eigenvalue weighted by Crippen LogP contribution is 2.18. The molecule has 0 aromatic carbocycles. The van der Waals surface area contributed by atoms with Gasteiger partial charge in [-0.25, -0.2) is 4.98 Å². The predicted molar refractivity (Wildman–Crippen MR) is 70.4 cm³/mol. The number of aliphatic hydroxyl groups excluding tert-OH is 1. The van der Waals surface area contributed by atoms with Gasteiger partial charge in [-0.2, -0.15) is 0 Å². The summed E-state index contributed by atoms with van der Waals surface area (Å²) in [5.41, 5.74) is 2.12. The van der Waals surface area contributed by atoms with Crippen LogP contribution >= 0.6 is 0 Å². The molecule has 0 saturated heterocycles. The van der Waals surface area contributed by atoms with E-state index in [1.807, 2.05) is 16.8 Å². The molecule has 0 radical (unpaired) electrons. The number of pyridine rings is 1. The normalized spacial score (nSPS) is 11.2. The van der Waals surface area contributed by atoms with Crippen molar-refractivity contribution in [1.29, 1.82) is 0 Å². The van der Waals surface area contributed by atoms with Gasteiger partial charge in [-0.3, -0.25) is 0 Å². The molecule has 0 amide bonds. The molecule has 0 spiro atoms. The molecule has 0 bridgehead atoms. The fourth-order valence-corrected chi connectivity index (χ4v) is 2.01. The van der Waals surface area contributed by atoms with E-state index in [2.05, 4.69) is 16.4 Å². The van der Waals surface area contributed by atoms with E-state index in [1.165, 1.54) is 5.56 Å². The lowest BCUT2D eigenvalue weighted by atomic mass is 10.2. The molecule has 2 heterocycles. The topological polar surface area (TPSA) is 59.3 Å². The van der Waals surface area contributed by atoms with E-state index in [9.17, 15) is 0 Å². The van der Waals surface area contributed by atoms with Crippen molar-refractivity contribution in [2.24, 2.45) is 0 Å². The Morgan fingerprint density at radius 1 is 1.50 bits per heavy atom. The fourth-order valence-electron chi connectivity index (χ4n) is 2.01. The number of hydrogen-bond donors (Lipinski definition) is 2. The second-order valence-electron chi connectivity index (χ2n) is 4.12. The zero-order chi connectivity index (χ0) is 12.8. The van der Waals surface area contributed by atoms with Crippen LogP contribution in [0.4, 0.5) is 0 Å². The van der Waals surface area contributed by atoms with Gasteiger partial charge in [0.2, 0.25) is 0 Å². The third-order valence-corrected chi connectivity index (χ3v) is 2.86. The second-order valence-corrected chi connectivity index (χ2v) is 4.12. The van der Waals surface area contributed by atoms with Gasteiger partial charge in [0.15, 0.2) is 0 Å². The van der Waals surface area contributed by atoms with Gasteiger partial charge in [0, 0.05) is 44.5 Å². The molecule has 0 unspecified atom stereocenters. The van der Waals surface area contributed by atoms with Crippen LogP contribution in [-0.2, 0) is 17.8 Å². The highest BCUT2D eigenvalue weighted by Gasteiger charge is 2.08. The first-order valence-corrected chi connectivity index (χ1v) is 6.10. The van der Waals surface area contributed by atoms with Crippen LogP contribution in [-0.4, -0.2) is 41.5 Å². The van der Waals surface area contributed by atoms with E-state index in [-0.39, 0.29) is 6.61 Å². The molecule has 2 rings (SSSR count). The van der Waals surface area contributed by atoms with Crippen molar-refractivity contribution in [3.63, 3.8) is 0 Å². The summed E-state index contributed by atoms with van der Waals surface area (Å²) in [4.78, 5) is 4.36. The van der Waals surface area contributed by atoms with Crippen molar-refractivity contribution < 1.29 is 9.84 Å². The molecule has 0 saturated carbocycles. The van der Waals surface area contributed by atoms with E-state index in [0.29, 0.717) is 13.2 Å². The Labute approximate surface area is 106 Å². The Morgan fingerprint density at radius 3 is 3.17 bits per heavy atom. The molecule has 98 valence electrons. The maximum absolute atomic E-state index is 9.05. The van der Waals surface area contributed by atoms with Gasteiger partial charge in [-0.05, 0) is 17.7 Å². The summed E-state index contributed by atoms with van der Waals surface area (Å²) >= 11 is 0. The van der Waals surface area contributed by atoms with Gasteiger partial charge < -0.3 is 19.7 Å². The molecule has 0 atom stereocenters. The number of fused-ring (bicyclic) bond motifs is 1. The monoisotopic (exact) mass is 249 g/mol. The average molecular weight is 249 g/mol. The Balaban J connectivity index is 2.16. The lowest BCUT2D eigenvalue weighted by Gasteiger charge is -2.02. The molecule has 5 heteroatoms. The molecule has 0 aliphatic heterocycles. The van der Waals surface area contributed by atoms with Gasteiger partial charge in [-0.1, -0.05) is 0 Å². The lowest BCUT2D eigenvalue weighted by Crippen LogP contribution is -2.18. The number of methoxy groups -OCH3 is 1. The average Bonchev–Trinajstić information content (AvgIpc) is 2.74. The minimum Gasteiger partial charge on any atom is -0.395 e. The maximum atomic E-state index is 9.05. The number of nitrogens with one attached hydrogen (secondary N) is 1. The largest absolute Gasteiger partial charge is 0.395 e. The Bertz CT molecular complexity index is 496. The number of aliphatic hydroxyl groups is 1. The van der Waals surface area contributed by atoms with Crippen LogP contribution in [0.2, 0.25) is 0 Å². The Kier molecular flexibility index (Phi) is 4.69. The summed E-state index contributed by atoms with van der Waals surface area (Å²) in [6, 6.07) is 3.99. The highest BCUT2D eigenvalue weighted by atomic mass is 16.5. The molecule has 2 aromatic heterocycles. The molecule has 0 aliphatic rings. The van der Waals surface area contributed by atoms with E-state index < -0.39 is 0 Å². The van der Waals surface area contributed by atoms with Gasteiger partial charge in [-0.15, -0.1) is 0 Å². The molecule has 0 fully saturated rings. The second kappa shape index (κ2) is 6.49. The summed E-state index contributed by atoms with van der Waals surface area (Å²) in [5.74, 6) is 0. The van der Waals surface area contributed by atoms with Gasteiger partial charge >= 0.3 is 0 Å². The van der Waals surface area contributed by atoms with Crippen LogP contribution in [0.15, 0.2) is 24.5 Å². The number of rotatable bonds is 7. The first-order valence-electron chi connectivity index (χ1n) is 6.10. The van der Waals surface area contributed by atoms with Crippen LogP contribution in [0.1, 0.15) is 5.56 Å². The van der Waals surface area contributed by atoms with Crippen molar-refractivity contribution in [3.8, 4) is 0 Å². The number of hydrogen-bond acceptors (Lipinski definition) is 4. The van der Waals surface area contributed by atoms with Crippen molar-refractivity contribution in [3.05, 3.63) is 30.1 Å².